The molecule has 3 aromatic rings. The highest BCUT2D eigenvalue weighted by molar-refractivity contribution is 6.28. The van der Waals surface area contributed by atoms with Crippen LogP contribution in [0.15, 0.2) is 60.8 Å². The Hall–Kier alpha value is -3.10. The van der Waals surface area contributed by atoms with Gasteiger partial charge >= 0.3 is 0 Å². The van der Waals surface area contributed by atoms with Gasteiger partial charge in [-0.15, -0.1) is 0 Å². The van der Waals surface area contributed by atoms with E-state index < -0.39 is 0 Å². The summed E-state index contributed by atoms with van der Waals surface area (Å²) < 4.78 is 11.4. The number of nitrogens with zero attached hydrogens (tertiary/aromatic N) is 3. The Bertz CT molecular complexity index is 893. The monoisotopic (exact) mass is 337 g/mol. The molecule has 5 nitrogen and oxygen atoms in total. The third-order valence-corrected chi connectivity index (χ3v) is 3.27. The van der Waals surface area contributed by atoms with Crippen molar-refractivity contribution in [3.63, 3.8) is 0 Å². The third kappa shape index (κ3) is 4.22. The lowest BCUT2D eigenvalue weighted by atomic mass is 10.1. The number of benzene rings is 2. The summed E-state index contributed by atoms with van der Waals surface area (Å²) >= 11 is 5.73. The maximum atomic E-state index is 8.92. The first-order chi connectivity index (χ1) is 11.7. The van der Waals surface area contributed by atoms with Crippen molar-refractivity contribution in [2.24, 2.45) is 0 Å². The molecular weight excluding hydrogens is 326 g/mol. The Kier molecular flexibility index (Phi) is 4.90. The minimum absolute atomic E-state index is 0.122. The first-order valence-corrected chi connectivity index (χ1v) is 7.49. The van der Waals surface area contributed by atoms with Crippen molar-refractivity contribution >= 4 is 11.6 Å². The predicted molar refractivity (Wildman–Crippen MR) is 89.0 cm³/mol. The first kappa shape index (κ1) is 15.8. The van der Waals surface area contributed by atoms with Gasteiger partial charge in [-0.2, -0.15) is 10.2 Å². The quantitative estimate of drug-likeness (QED) is 0.646. The highest BCUT2D eigenvalue weighted by Gasteiger charge is 2.03. The lowest BCUT2D eigenvalue weighted by molar-refractivity contribution is 0.304. The lowest BCUT2D eigenvalue weighted by Gasteiger charge is -2.09. The number of hydrogen-bond donors (Lipinski definition) is 0. The van der Waals surface area contributed by atoms with Crippen molar-refractivity contribution in [1.82, 2.24) is 9.97 Å². The van der Waals surface area contributed by atoms with Crippen LogP contribution in [0.1, 0.15) is 11.1 Å². The lowest BCUT2D eigenvalue weighted by Crippen LogP contribution is -1.96. The molecule has 0 atom stereocenters. The zero-order valence-corrected chi connectivity index (χ0v) is 13.3. The Morgan fingerprint density at radius 1 is 1.04 bits per heavy atom. The molecule has 0 N–H and O–H groups in total. The summed E-state index contributed by atoms with van der Waals surface area (Å²) in [6.07, 6.45) is 1.52. The van der Waals surface area contributed by atoms with Crippen LogP contribution in [0, 0.1) is 11.3 Å². The van der Waals surface area contributed by atoms with Gasteiger partial charge in [0.2, 0.25) is 11.2 Å². The summed E-state index contributed by atoms with van der Waals surface area (Å²) in [5.41, 5.74) is 1.52. The van der Waals surface area contributed by atoms with E-state index in [1.54, 1.807) is 30.3 Å². The van der Waals surface area contributed by atoms with Gasteiger partial charge in [0.05, 0.1) is 11.6 Å². The van der Waals surface area contributed by atoms with Gasteiger partial charge in [0.25, 0.3) is 0 Å². The second kappa shape index (κ2) is 7.44. The molecule has 0 fully saturated rings. The maximum Gasteiger partial charge on any atom is 0.225 e. The van der Waals surface area contributed by atoms with Crippen molar-refractivity contribution in [3.8, 4) is 23.4 Å². The molecule has 0 unspecified atom stereocenters. The zero-order chi connectivity index (χ0) is 16.8. The van der Waals surface area contributed by atoms with Crippen LogP contribution in [-0.2, 0) is 6.61 Å². The van der Waals surface area contributed by atoms with Gasteiger partial charge in [0.1, 0.15) is 18.1 Å². The summed E-state index contributed by atoms with van der Waals surface area (Å²) in [5, 5.41) is 9.04. The number of aromatic nitrogens is 2. The largest absolute Gasteiger partial charge is 0.489 e. The van der Waals surface area contributed by atoms with E-state index in [1.807, 2.05) is 24.3 Å². The SMILES string of the molecule is N#Cc1cccc(COc2cccc(Oc3ccnc(Cl)n3)c2)c1. The Morgan fingerprint density at radius 3 is 2.71 bits per heavy atom. The topological polar surface area (TPSA) is 68.0 Å². The van der Waals surface area contributed by atoms with E-state index >= 15 is 0 Å². The minimum atomic E-state index is 0.122. The molecular formula is C18H12ClN3O2. The Morgan fingerprint density at radius 2 is 1.88 bits per heavy atom. The van der Waals surface area contributed by atoms with E-state index in [2.05, 4.69) is 16.0 Å². The van der Waals surface area contributed by atoms with Gasteiger partial charge in [-0.05, 0) is 41.4 Å². The number of rotatable bonds is 5. The van der Waals surface area contributed by atoms with Gasteiger partial charge < -0.3 is 9.47 Å². The Balaban J connectivity index is 1.68. The molecule has 0 saturated heterocycles. The molecule has 0 aliphatic heterocycles. The van der Waals surface area contributed by atoms with Gasteiger partial charge in [-0.1, -0.05) is 18.2 Å². The molecule has 3 rings (SSSR count). The summed E-state index contributed by atoms with van der Waals surface area (Å²) in [5.74, 6) is 1.58. The van der Waals surface area contributed by atoms with E-state index in [-0.39, 0.29) is 5.28 Å². The molecule has 0 aliphatic rings. The molecule has 0 amide bonds. The fraction of sp³-hybridized carbons (Fsp3) is 0.0556. The van der Waals surface area contributed by atoms with E-state index in [0.717, 1.165) is 5.56 Å². The van der Waals surface area contributed by atoms with Crippen molar-refractivity contribution in [1.29, 1.82) is 5.26 Å². The molecule has 0 saturated carbocycles. The van der Waals surface area contributed by atoms with Gasteiger partial charge in [-0.25, -0.2) is 4.98 Å². The maximum absolute atomic E-state index is 8.92. The summed E-state index contributed by atoms with van der Waals surface area (Å²) in [7, 11) is 0. The van der Waals surface area contributed by atoms with Gasteiger partial charge in [0, 0.05) is 18.3 Å². The summed E-state index contributed by atoms with van der Waals surface area (Å²) in [6.45, 7) is 0.359. The smallest absolute Gasteiger partial charge is 0.225 e. The molecule has 0 spiro atoms. The molecule has 0 bridgehead atoms. The second-order valence-electron chi connectivity index (χ2n) is 4.84. The van der Waals surface area contributed by atoms with Gasteiger partial charge in [0.15, 0.2) is 0 Å². The zero-order valence-electron chi connectivity index (χ0n) is 12.5. The van der Waals surface area contributed by atoms with E-state index in [9.17, 15) is 0 Å². The fourth-order valence-corrected chi connectivity index (χ4v) is 2.16. The van der Waals surface area contributed by atoms with E-state index in [0.29, 0.717) is 29.5 Å². The van der Waals surface area contributed by atoms with Gasteiger partial charge in [-0.3, -0.25) is 0 Å². The van der Waals surface area contributed by atoms with Crippen LogP contribution < -0.4 is 9.47 Å². The fourth-order valence-electron chi connectivity index (χ4n) is 2.02. The van der Waals surface area contributed by atoms with Crippen LogP contribution in [0.4, 0.5) is 0 Å². The number of halogens is 1. The highest BCUT2D eigenvalue weighted by atomic mass is 35.5. The molecule has 24 heavy (non-hydrogen) atoms. The van der Waals surface area contributed by atoms with Crippen molar-refractivity contribution in [2.45, 2.75) is 6.61 Å². The standard InChI is InChI=1S/C18H12ClN3O2/c19-18-21-8-7-17(22-18)24-16-6-2-5-15(10-16)23-12-14-4-1-3-13(9-14)11-20/h1-10H,12H2. The van der Waals surface area contributed by atoms with E-state index in [1.165, 1.54) is 6.20 Å². The molecule has 118 valence electrons. The van der Waals surface area contributed by atoms with Crippen LogP contribution in [0.25, 0.3) is 0 Å². The van der Waals surface area contributed by atoms with Crippen LogP contribution in [0.5, 0.6) is 17.4 Å². The summed E-state index contributed by atoms with van der Waals surface area (Å²) in [4.78, 5) is 7.77. The Labute approximate surface area is 144 Å². The first-order valence-electron chi connectivity index (χ1n) is 7.11. The second-order valence-corrected chi connectivity index (χ2v) is 5.18. The van der Waals surface area contributed by atoms with E-state index in [4.69, 9.17) is 26.3 Å². The number of ether oxygens (including phenoxy) is 2. The molecule has 6 heteroatoms. The molecule has 1 heterocycles. The highest BCUT2D eigenvalue weighted by Crippen LogP contribution is 2.25. The van der Waals surface area contributed by atoms with Crippen molar-refractivity contribution in [2.75, 3.05) is 0 Å². The molecule has 2 aromatic carbocycles. The summed E-state index contributed by atoms with van der Waals surface area (Å²) in [6, 6.07) is 18.2. The minimum Gasteiger partial charge on any atom is -0.489 e. The normalized spacial score (nSPS) is 10.0. The van der Waals surface area contributed by atoms with Crippen molar-refractivity contribution < 1.29 is 9.47 Å². The average Bonchev–Trinajstić information content (AvgIpc) is 2.60. The third-order valence-electron chi connectivity index (χ3n) is 3.09. The average molecular weight is 338 g/mol. The van der Waals surface area contributed by atoms with Crippen LogP contribution in [0.2, 0.25) is 5.28 Å². The van der Waals surface area contributed by atoms with Crippen LogP contribution >= 0.6 is 11.6 Å². The molecule has 0 aliphatic carbocycles. The number of nitriles is 1. The van der Waals surface area contributed by atoms with Crippen LogP contribution in [-0.4, -0.2) is 9.97 Å². The number of hydrogen-bond acceptors (Lipinski definition) is 5. The molecule has 1 aromatic heterocycles. The van der Waals surface area contributed by atoms with Crippen molar-refractivity contribution in [3.05, 3.63) is 77.2 Å². The predicted octanol–water partition coefficient (Wildman–Crippen LogP) is 4.37. The van der Waals surface area contributed by atoms with Crippen LogP contribution in [0.3, 0.4) is 0 Å². The molecule has 0 radical (unpaired) electrons.